The number of hydrogen-bond donors (Lipinski definition) is 0. The first-order valence-electron chi connectivity index (χ1n) is 13.2. The molecule has 0 radical (unpaired) electrons. The molecule has 0 fully saturated rings. The summed E-state index contributed by atoms with van der Waals surface area (Å²) >= 11 is 0. The van der Waals surface area contributed by atoms with Crippen molar-refractivity contribution in [3.05, 3.63) is 132 Å². The lowest BCUT2D eigenvalue weighted by Gasteiger charge is -2.33. The van der Waals surface area contributed by atoms with Crippen LogP contribution in [-0.2, 0) is 5.41 Å². The number of fused-ring (bicyclic) bond motifs is 3. The van der Waals surface area contributed by atoms with Crippen LogP contribution in [0.15, 0.2) is 110 Å². The lowest BCUT2D eigenvalue weighted by molar-refractivity contribution is 0.530. The van der Waals surface area contributed by atoms with E-state index >= 15 is 0 Å². The smallest absolute Gasteiger partial charge is 0.0463 e. The first-order valence-corrected chi connectivity index (χ1v) is 13.2. The molecule has 176 valence electrons. The average Bonchev–Trinajstić information content (AvgIpc) is 3.21. The zero-order valence-corrected chi connectivity index (χ0v) is 21.1. The second-order valence-electron chi connectivity index (χ2n) is 10.0. The summed E-state index contributed by atoms with van der Waals surface area (Å²) in [5, 5.41) is 0. The number of unbranched alkanes of at least 4 members (excludes halogenated alkanes) is 2. The summed E-state index contributed by atoms with van der Waals surface area (Å²) in [4.78, 5) is 0. The summed E-state index contributed by atoms with van der Waals surface area (Å²) in [6.45, 7) is 8.51. The fourth-order valence-electron chi connectivity index (χ4n) is 5.91. The van der Waals surface area contributed by atoms with Crippen molar-refractivity contribution in [1.82, 2.24) is 0 Å². The van der Waals surface area contributed by atoms with Gasteiger partial charge in [0.15, 0.2) is 0 Å². The molecule has 0 aliphatic heterocycles. The van der Waals surface area contributed by atoms with Crippen LogP contribution >= 0.6 is 0 Å². The van der Waals surface area contributed by atoms with Gasteiger partial charge in [-0.3, -0.25) is 0 Å². The maximum Gasteiger partial charge on any atom is 0.0463 e. The van der Waals surface area contributed by atoms with Crippen LogP contribution in [0.4, 0.5) is 0 Å². The minimum absolute atomic E-state index is 0.124. The molecule has 35 heavy (non-hydrogen) atoms. The monoisotopic (exact) mass is 456 g/mol. The van der Waals surface area contributed by atoms with Crippen LogP contribution in [0.5, 0.6) is 0 Å². The first-order chi connectivity index (χ1) is 17.2. The first kappa shape index (κ1) is 23.4. The molecular formula is C35H36. The quantitative estimate of drug-likeness (QED) is 0.174. The topological polar surface area (TPSA) is 0 Å². The summed E-state index contributed by atoms with van der Waals surface area (Å²) in [5.74, 6) is 0.597. The number of hydrogen-bond acceptors (Lipinski definition) is 0. The maximum atomic E-state index is 3.94. The summed E-state index contributed by atoms with van der Waals surface area (Å²) in [5.41, 5.74) is 11.0. The molecule has 0 saturated heterocycles. The third kappa shape index (κ3) is 4.16. The van der Waals surface area contributed by atoms with Gasteiger partial charge in [-0.25, -0.2) is 0 Å². The Hall–Kier alpha value is -3.38. The number of rotatable bonds is 9. The van der Waals surface area contributed by atoms with Crippen molar-refractivity contribution < 1.29 is 0 Å². The summed E-state index contributed by atoms with van der Waals surface area (Å²) in [6, 6.07) is 36.6. The predicted molar refractivity (Wildman–Crippen MR) is 151 cm³/mol. The van der Waals surface area contributed by atoms with Gasteiger partial charge in [0.1, 0.15) is 0 Å². The fourth-order valence-corrected chi connectivity index (χ4v) is 5.91. The highest BCUT2D eigenvalue weighted by molar-refractivity contribution is 5.86. The van der Waals surface area contributed by atoms with Crippen molar-refractivity contribution in [2.45, 2.75) is 57.3 Å². The minimum atomic E-state index is -0.124. The Labute approximate surface area is 211 Å². The van der Waals surface area contributed by atoms with Gasteiger partial charge >= 0.3 is 0 Å². The van der Waals surface area contributed by atoms with E-state index in [1.807, 2.05) is 6.08 Å². The second-order valence-corrected chi connectivity index (χ2v) is 10.0. The average molecular weight is 457 g/mol. The highest BCUT2D eigenvalue weighted by atomic mass is 14.5. The van der Waals surface area contributed by atoms with Crippen molar-refractivity contribution in [3.8, 4) is 22.3 Å². The molecule has 4 aromatic carbocycles. The van der Waals surface area contributed by atoms with Crippen LogP contribution < -0.4 is 0 Å². The van der Waals surface area contributed by atoms with E-state index in [1.54, 1.807) is 0 Å². The molecule has 4 aromatic rings. The predicted octanol–water partition coefficient (Wildman–Crippen LogP) is 9.93. The third-order valence-electron chi connectivity index (χ3n) is 8.06. The molecule has 5 rings (SSSR count). The standard InChI is InChI=1S/C35H36/c1-4-6-7-13-24-35(30-14-9-8-10-15-30)33-17-12-11-16-31(33)32-23-22-29(25-34(32)35)28-20-18-27(19-21-28)26(3)5-2/h4,8-12,14-23,25-26H,1,5-7,13,24H2,2-3H3. The summed E-state index contributed by atoms with van der Waals surface area (Å²) < 4.78 is 0. The second kappa shape index (κ2) is 10.1. The van der Waals surface area contributed by atoms with Crippen molar-refractivity contribution in [2.24, 2.45) is 0 Å². The molecule has 0 bridgehead atoms. The van der Waals surface area contributed by atoms with Gasteiger partial charge in [0.05, 0.1) is 0 Å². The van der Waals surface area contributed by atoms with E-state index < -0.39 is 0 Å². The van der Waals surface area contributed by atoms with Crippen LogP contribution in [0, 0.1) is 0 Å². The van der Waals surface area contributed by atoms with Crippen molar-refractivity contribution >= 4 is 0 Å². The lowest BCUT2D eigenvalue weighted by atomic mass is 9.69. The number of allylic oxidation sites excluding steroid dienone is 1. The van der Waals surface area contributed by atoms with Crippen LogP contribution in [-0.4, -0.2) is 0 Å². The Morgan fingerprint density at radius 3 is 2.17 bits per heavy atom. The molecule has 2 unspecified atom stereocenters. The van der Waals surface area contributed by atoms with Crippen LogP contribution in [0.2, 0.25) is 0 Å². The highest BCUT2D eigenvalue weighted by Crippen LogP contribution is 2.55. The maximum absolute atomic E-state index is 3.94. The van der Waals surface area contributed by atoms with Crippen molar-refractivity contribution in [2.75, 3.05) is 0 Å². The Morgan fingerprint density at radius 2 is 1.43 bits per heavy atom. The van der Waals surface area contributed by atoms with Gasteiger partial charge in [-0.2, -0.15) is 0 Å². The Kier molecular flexibility index (Phi) is 6.73. The molecule has 1 aliphatic carbocycles. The molecule has 2 atom stereocenters. The molecule has 0 aromatic heterocycles. The molecule has 0 heterocycles. The van der Waals surface area contributed by atoms with Gasteiger partial charge in [0.25, 0.3) is 0 Å². The van der Waals surface area contributed by atoms with Crippen LogP contribution in [0.25, 0.3) is 22.3 Å². The Morgan fingerprint density at radius 1 is 0.743 bits per heavy atom. The molecule has 0 nitrogen and oxygen atoms in total. The van der Waals surface area contributed by atoms with Gasteiger partial charge in [-0.15, -0.1) is 6.58 Å². The summed E-state index contributed by atoms with van der Waals surface area (Å²) in [6.07, 6.45) is 7.73. The molecule has 0 amide bonds. The minimum Gasteiger partial charge on any atom is -0.103 e. The van der Waals surface area contributed by atoms with E-state index in [1.165, 1.54) is 63.8 Å². The van der Waals surface area contributed by atoms with Crippen LogP contribution in [0.3, 0.4) is 0 Å². The number of benzene rings is 4. The van der Waals surface area contributed by atoms with Gasteiger partial charge in [0.2, 0.25) is 0 Å². The van der Waals surface area contributed by atoms with E-state index in [0.717, 1.165) is 12.8 Å². The molecule has 0 N–H and O–H groups in total. The SMILES string of the molecule is C=CCCCCC1(c2ccccc2)c2ccccc2-c2ccc(-c3ccc(C(C)CC)cc3)cc21. The molecule has 0 saturated carbocycles. The largest absolute Gasteiger partial charge is 0.103 e. The molecule has 0 spiro atoms. The molecular weight excluding hydrogens is 420 g/mol. The van der Waals surface area contributed by atoms with Crippen molar-refractivity contribution in [3.63, 3.8) is 0 Å². The van der Waals surface area contributed by atoms with E-state index in [-0.39, 0.29) is 5.41 Å². The van der Waals surface area contributed by atoms with Gasteiger partial charge in [-0.05, 0) is 82.2 Å². The van der Waals surface area contributed by atoms with E-state index in [4.69, 9.17) is 0 Å². The zero-order valence-electron chi connectivity index (χ0n) is 21.1. The summed E-state index contributed by atoms with van der Waals surface area (Å²) in [7, 11) is 0. The van der Waals surface area contributed by atoms with Crippen molar-refractivity contribution in [1.29, 1.82) is 0 Å². The van der Waals surface area contributed by atoms with Gasteiger partial charge < -0.3 is 0 Å². The fraction of sp³-hybridized carbons (Fsp3) is 0.257. The van der Waals surface area contributed by atoms with Crippen LogP contribution in [0.1, 0.15) is 74.1 Å². The zero-order chi connectivity index (χ0) is 24.3. The van der Waals surface area contributed by atoms with E-state index in [9.17, 15) is 0 Å². The molecule has 0 heteroatoms. The van der Waals surface area contributed by atoms with Gasteiger partial charge in [-0.1, -0.05) is 117 Å². The third-order valence-corrected chi connectivity index (χ3v) is 8.06. The van der Waals surface area contributed by atoms with E-state index in [0.29, 0.717) is 5.92 Å². The van der Waals surface area contributed by atoms with E-state index in [2.05, 4.69) is 117 Å². The Balaban J connectivity index is 1.66. The Bertz CT molecular complexity index is 1300. The lowest BCUT2D eigenvalue weighted by Crippen LogP contribution is -2.27. The van der Waals surface area contributed by atoms with Gasteiger partial charge in [0, 0.05) is 5.41 Å². The highest BCUT2D eigenvalue weighted by Gasteiger charge is 2.44. The normalized spacial score (nSPS) is 17.0. The molecule has 1 aliphatic rings.